The number of hydrogen-bond acceptors (Lipinski definition) is 4. The second kappa shape index (κ2) is 6.11. The zero-order valence-corrected chi connectivity index (χ0v) is 10.9. The molecule has 0 unspecified atom stereocenters. The summed E-state index contributed by atoms with van der Waals surface area (Å²) in [5.74, 6) is 0. The largest absolute Gasteiger partial charge is 0.392 e. The summed E-state index contributed by atoms with van der Waals surface area (Å²) in [5, 5.41) is 9.09. The van der Waals surface area contributed by atoms with E-state index in [2.05, 4.69) is 4.72 Å². The number of aliphatic hydroxyl groups is 1. The molecule has 2 N–H and O–H groups in total. The number of benzene rings is 1. The molecule has 0 aliphatic heterocycles. The molecule has 0 atom stereocenters. The maximum absolute atomic E-state index is 12.0. The number of rotatable bonds is 6. The third-order valence-electron chi connectivity index (χ3n) is 2.28. The summed E-state index contributed by atoms with van der Waals surface area (Å²) >= 11 is 0. The van der Waals surface area contributed by atoms with Crippen molar-refractivity contribution in [1.29, 1.82) is 0 Å². The van der Waals surface area contributed by atoms with Gasteiger partial charge >= 0.3 is 0 Å². The van der Waals surface area contributed by atoms with E-state index < -0.39 is 10.0 Å². The molecule has 0 saturated carbocycles. The van der Waals surface area contributed by atoms with Crippen LogP contribution < -0.4 is 4.72 Å². The van der Waals surface area contributed by atoms with Crippen molar-refractivity contribution in [2.24, 2.45) is 0 Å². The Bertz CT molecular complexity index is 458. The molecule has 0 aromatic heterocycles. The minimum atomic E-state index is -3.54. The lowest BCUT2D eigenvalue weighted by molar-refractivity contribution is 0.278. The molecule has 1 aromatic carbocycles. The first-order valence-corrected chi connectivity index (χ1v) is 6.79. The van der Waals surface area contributed by atoms with Gasteiger partial charge in [-0.05, 0) is 25.7 Å². The first kappa shape index (κ1) is 14.1. The molecule has 1 aromatic rings. The fraction of sp³-hybridized carbons (Fsp3) is 0.455. The van der Waals surface area contributed by atoms with Gasteiger partial charge in [-0.1, -0.05) is 18.2 Å². The fourth-order valence-corrected chi connectivity index (χ4v) is 2.63. The Morgan fingerprint density at radius 2 is 1.94 bits per heavy atom. The fourth-order valence-electron chi connectivity index (χ4n) is 1.38. The first-order chi connectivity index (χ1) is 7.97. The van der Waals surface area contributed by atoms with Crippen LogP contribution in [0.25, 0.3) is 0 Å². The zero-order chi connectivity index (χ0) is 12.9. The van der Waals surface area contributed by atoms with Gasteiger partial charge in [0.05, 0.1) is 11.5 Å². The Morgan fingerprint density at radius 3 is 2.53 bits per heavy atom. The van der Waals surface area contributed by atoms with E-state index >= 15 is 0 Å². The summed E-state index contributed by atoms with van der Waals surface area (Å²) in [4.78, 5) is 2.03. The Hall–Kier alpha value is -0.950. The summed E-state index contributed by atoms with van der Waals surface area (Å²) < 4.78 is 26.4. The predicted molar refractivity (Wildman–Crippen MR) is 66.1 cm³/mol. The number of likely N-dealkylation sites (N-methyl/N-ethyl adjacent to an activating group) is 1. The number of nitrogens with one attached hydrogen (secondary N) is 1. The molecular weight excluding hydrogens is 240 g/mol. The maximum Gasteiger partial charge on any atom is 0.240 e. The van der Waals surface area contributed by atoms with Crippen LogP contribution in [-0.4, -0.2) is 45.6 Å². The van der Waals surface area contributed by atoms with E-state index in [1.54, 1.807) is 18.2 Å². The zero-order valence-electron chi connectivity index (χ0n) is 10.0. The molecule has 0 bridgehead atoms. The Morgan fingerprint density at radius 1 is 1.29 bits per heavy atom. The summed E-state index contributed by atoms with van der Waals surface area (Å²) in [6, 6.07) is 6.42. The molecule has 0 aliphatic rings. The summed E-state index contributed by atoms with van der Waals surface area (Å²) in [7, 11) is 0.207. The smallest absolute Gasteiger partial charge is 0.240 e. The van der Waals surface area contributed by atoms with E-state index in [-0.39, 0.29) is 11.5 Å². The Labute approximate surface area is 102 Å². The molecule has 0 radical (unpaired) electrons. The number of nitrogens with zero attached hydrogens (tertiary/aromatic N) is 1. The van der Waals surface area contributed by atoms with Crippen LogP contribution in [0, 0.1) is 0 Å². The van der Waals surface area contributed by atoms with Gasteiger partial charge in [-0.3, -0.25) is 0 Å². The average Bonchev–Trinajstić information content (AvgIpc) is 2.28. The lowest BCUT2D eigenvalue weighted by Crippen LogP contribution is -2.31. The molecule has 17 heavy (non-hydrogen) atoms. The van der Waals surface area contributed by atoms with Crippen LogP contribution in [0.2, 0.25) is 0 Å². The molecule has 0 aliphatic carbocycles. The third kappa shape index (κ3) is 4.08. The third-order valence-corrected chi connectivity index (χ3v) is 3.85. The molecular formula is C11H18N2O3S. The van der Waals surface area contributed by atoms with Crippen LogP contribution in [0.4, 0.5) is 0 Å². The molecule has 0 amide bonds. The highest BCUT2D eigenvalue weighted by molar-refractivity contribution is 7.89. The minimum Gasteiger partial charge on any atom is -0.392 e. The van der Waals surface area contributed by atoms with Crippen molar-refractivity contribution in [3.63, 3.8) is 0 Å². The minimum absolute atomic E-state index is 0.140. The van der Waals surface area contributed by atoms with Gasteiger partial charge in [0.2, 0.25) is 10.0 Å². The predicted octanol–water partition coefficient (Wildman–Crippen LogP) is 0.0188. The van der Waals surface area contributed by atoms with Gasteiger partial charge in [0.1, 0.15) is 0 Å². The monoisotopic (exact) mass is 258 g/mol. The molecule has 1 rings (SSSR count). The van der Waals surface area contributed by atoms with Crippen LogP contribution in [-0.2, 0) is 16.6 Å². The van der Waals surface area contributed by atoms with Gasteiger partial charge in [0.25, 0.3) is 0 Å². The van der Waals surface area contributed by atoms with Crippen LogP contribution in [0.3, 0.4) is 0 Å². The molecule has 0 saturated heterocycles. The summed E-state index contributed by atoms with van der Waals surface area (Å²) in [6.07, 6.45) is 0. The lowest BCUT2D eigenvalue weighted by atomic mass is 10.2. The number of aliphatic hydroxyl groups excluding tert-OH is 1. The van der Waals surface area contributed by atoms with Crippen molar-refractivity contribution in [2.45, 2.75) is 11.5 Å². The highest BCUT2D eigenvalue weighted by Crippen LogP contribution is 2.14. The van der Waals surface area contributed by atoms with Crippen molar-refractivity contribution in [3.05, 3.63) is 29.8 Å². The second-order valence-corrected chi connectivity index (χ2v) is 5.70. The molecule has 0 fully saturated rings. The van der Waals surface area contributed by atoms with Gasteiger partial charge in [-0.25, -0.2) is 13.1 Å². The van der Waals surface area contributed by atoms with Gasteiger partial charge in [-0.2, -0.15) is 0 Å². The van der Waals surface area contributed by atoms with Crippen LogP contribution in [0.15, 0.2) is 29.2 Å². The highest BCUT2D eigenvalue weighted by atomic mass is 32.2. The molecule has 0 heterocycles. The second-order valence-electron chi connectivity index (χ2n) is 3.97. The first-order valence-electron chi connectivity index (χ1n) is 5.30. The van der Waals surface area contributed by atoms with E-state index in [1.165, 1.54) is 6.07 Å². The maximum atomic E-state index is 12.0. The Kier molecular flexibility index (Phi) is 5.07. The van der Waals surface area contributed by atoms with Gasteiger partial charge in [0.15, 0.2) is 0 Å². The van der Waals surface area contributed by atoms with Gasteiger partial charge in [-0.15, -0.1) is 0 Å². The quantitative estimate of drug-likeness (QED) is 0.754. The topological polar surface area (TPSA) is 69.6 Å². The van der Waals surface area contributed by atoms with Crippen molar-refractivity contribution < 1.29 is 13.5 Å². The SMILES string of the molecule is CN(C)CCNS(=O)(=O)c1ccccc1CO. The molecule has 0 spiro atoms. The van der Waals surface area contributed by atoms with E-state index in [0.29, 0.717) is 18.7 Å². The van der Waals surface area contributed by atoms with E-state index in [9.17, 15) is 8.42 Å². The number of hydrogen-bond donors (Lipinski definition) is 2. The van der Waals surface area contributed by atoms with Crippen molar-refractivity contribution in [3.8, 4) is 0 Å². The van der Waals surface area contributed by atoms with Crippen molar-refractivity contribution in [2.75, 3.05) is 27.2 Å². The van der Waals surface area contributed by atoms with Crippen LogP contribution >= 0.6 is 0 Å². The summed E-state index contributed by atoms with van der Waals surface area (Å²) in [6.45, 7) is 0.681. The molecule has 5 nitrogen and oxygen atoms in total. The van der Waals surface area contributed by atoms with Crippen LogP contribution in [0.1, 0.15) is 5.56 Å². The van der Waals surface area contributed by atoms with Crippen molar-refractivity contribution >= 4 is 10.0 Å². The van der Waals surface area contributed by atoms with Gasteiger partial charge in [0, 0.05) is 13.1 Å². The van der Waals surface area contributed by atoms with Gasteiger partial charge < -0.3 is 10.0 Å². The Balaban J connectivity index is 2.82. The standard InChI is InChI=1S/C11H18N2O3S/c1-13(2)8-7-12-17(15,16)11-6-4-3-5-10(11)9-14/h3-6,12,14H,7-9H2,1-2H3. The van der Waals surface area contributed by atoms with Crippen molar-refractivity contribution in [1.82, 2.24) is 9.62 Å². The van der Waals surface area contributed by atoms with Crippen LogP contribution in [0.5, 0.6) is 0 Å². The van der Waals surface area contributed by atoms with E-state index in [1.807, 2.05) is 19.0 Å². The van der Waals surface area contributed by atoms with E-state index in [0.717, 1.165) is 0 Å². The lowest BCUT2D eigenvalue weighted by Gasteiger charge is -2.12. The number of sulfonamides is 1. The highest BCUT2D eigenvalue weighted by Gasteiger charge is 2.16. The summed E-state index contributed by atoms with van der Waals surface area (Å²) in [5.41, 5.74) is 0.407. The van der Waals surface area contributed by atoms with E-state index in [4.69, 9.17) is 5.11 Å². The normalized spacial score (nSPS) is 12.0. The molecule has 96 valence electrons. The molecule has 6 heteroatoms. The average molecular weight is 258 g/mol.